The highest BCUT2D eigenvalue weighted by Crippen LogP contribution is 2.22. The van der Waals surface area contributed by atoms with Crippen molar-refractivity contribution in [1.82, 2.24) is 68.8 Å². The normalized spacial score (nSPS) is 16.6. The van der Waals surface area contributed by atoms with E-state index in [0.29, 0.717) is 5.56 Å². The third-order valence-corrected chi connectivity index (χ3v) is 19.3. The largest absolute Gasteiger partial charge is 0.392 e. The van der Waals surface area contributed by atoms with Crippen LogP contribution < -0.4 is 81.0 Å². The van der Waals surface area contributed by atoms with Crippen LogP contribution in [0.1, 0.15) is 176 Å². The molecular weight excluding hydrogens is 1390 g/mol. The predicted octanol–water partition coefficient (Wildman–Crippen LogP) is 2.23. The first-order chi connectivity index (χ1) is 48.8. The van der Waals surface area contributed by atoms with E-state index >= 15 is 0 Å². The summed E-state index contributed by atoms with van der Waals surface area (Å²) in [4.78, 5) is 177. The second-order valence-electron chi connectivity index (χ2n) is 30.4. The van der Waals surface area contributed by atoms with Gasteiger partial charge in [0.25, 0.3) is 0 Å². The van der Waals surface area contributed by atoms with E-state index in [1.807, 2.05) is 52.0 Å². The van der Waals surface area contributed by atoms with Crippen molar-refractivity contribution in [1.29, 1.82) is 0 Å². The van der Waals surface area contributed by atoms with Gasteiger partial charge in [0.05, 0.1) is 12.5 Å². The fourth-order valence-electron chi connectivity index (χ4n) is 11.2. The maximum atomic E-state index is 14.7. The molecule has 2 unspecified atom stereocenters. The summed E-state index contributed by atoms with van der Waals surface area (Å²) < 4.78 is 0. The Labute approximate surface area is 630 Å². The Kier molecular flexibility index (Phi) is 39.9. The fraction of sp³-hybridized carbons (Fsp3) is 0.712. The van der Waals surface area contributed by atoms with Crippen molar-refractivity contribution in [2.75, 3.05) is 13.1 Å². The third kappa shape index (κ3) is 31.3. The van der Waals surface area contributed by atoms with Gasteiger partial charge in [-0.2, -0.15) is 0 Å². The number of para-hydroxylation sites is 1. The van der Waals surface area contributed by atoms with Gasteiger partial charge >= 0.3 is 0 Å². The SMILES string of the molecule is CC(C)C[C@H](NC(=O)[C@@H](NC(=O)[C@@H](Cc1c[nH]c2ccccc12)NC(=O)[C@@H](NC(=O)[C@H](C)NC(=O)[C@@H](CCCN=C(N)N)NC(=O)[C@@H](NC(=O)[C@@H](NC(=O)[C@@H](CC(C)C)NC(=O)[C@H](C)NC(=O)[C@@H](NC(=O)C[C@@H](O)C(C)C)[C@@H](C)C(C)Cl)[C@@H](C)C(C)Cl)C(C)C)C(C)C)C(C)C)C(=O)N[C@H](CN)C(C)C. The van der Waals surface area contributed by atoms with Crippen LogP contribution in [0.4, 0.5) is 0 Å². The van der Waals surface area contributed by atoms with Crippen LogP contribution in [-0.2, 0) is 64.0 Å². The van der Waals surface area contributed by atoms with Gasteiger partial charge < -0.3 is 91.1 Å². The van der Waals surface area contributed by atoms with Gasteiger partial charge in [-0.15, -0.1) is 23.2 Å². The molecule has 17 atom stereocenters. The maximum absolute atomic E-state index is 14.7. The Bertz CT molecular complexity index is 3230. The molecule has 20 N–H and O–H groups in total. The predicted molar refractivity (Wildman–Crippen MR) is 408 cm³/mol. The van der Waals surface area contributed by atoms with Crippen molar-refractivity contribution in [2.45, 2.75) is 266 Å². The second-order valence-corrected chi connectivity index (χ2v) is 31.8. The van der Waals surface area contributed by atoms with E-state index in [0.717, 1.165) is 10.9 Å². The number of carbonyl (C=O) groups excluding carboxylic acids is 12. The number of amides is 12. The first-order valence-electron chi connectivity index (χ1n) is 36.7. The van der Waals surface area contributed by atoms with E-state index in [-0.39, 0.29) is 87.3 Å². The van der Waals surface area contributed by atoms with Crippen molar-refractivity contribution < 1.29 is 62.6 Å². The van der Waals surface area contributed by atoms with Crippen LogP contribution in [0, 0.1) is 53.3 Å². The number of halogens is 2. The van der Waals surface area contributed by atoms with E-state index in [9.17, 15) is 62.6 Å². The lowest BCUT2D eigenvalue weighted by molar-refractivity contribution is -0.137. The molecule has 1 aromatic carbocycles. The van der Waals surface area contributed by atoms with Gasteiger partial charge in [0, 0.05) is 65.2 Å². The van der Waals surface area contributed by atoms with Crippen LogP contribution in [0.15, 0.2) is 35.5 Å². The fourth-order valence-corrected chi connectivity index (χ4v) is 11.5. The molecule has 30 nitrogen and oxygen atoms in total. The van der Waals surface area contributed by atoms with Gasteiger partial charge in [-0.1, -0.05) is 129 Å². The zero-order valence-electron chi connectivity index (χ0n) is 65.2. The summed E-state index contributed by atoms with van der Waals surface area (Å²) in [5.74, 6) is -12.8. The second kappa shape index (κ2) is 45.0. The molecular formula is C73H125Cl2N17O13. The topological polar surface area (TPSA) is 476 Å². The number of aliphatic hydroxyl groups excluding tert-OH is 1. The molecule has 0 fully saturated rings. The molecule has 1 heterocycles. The van der Waals surface area contributed by atoms with Gasteiger partial charge in [-0.25, -0.2) is 0 Å². The van der Waals surface area contributed by atoms with Crippen molar-refractivity contribution in [2.24, 2.45) is 75.5 Å². The molecule has 0 saturated carbocycles. The Hall–Kier alpha value is -7.83. The van der Waals surface area contributed by atoms with Crippen LogP contribution in [0.2, 0.25) is 0 Å². The summed E-state index contributed by atoms with van der Waals surface area (Å²) in [6.45, 7) is 34.2. The average molecular weight is 1520 g/mol. The maximum Gasteiger partial charge on any atom is 0.243 e. The Balaban J connectivity index is 2.48. The number of fused-ring (bicyclic) bond motifs is 1. The summed E-state index contributed by atoms with van der Waals surface area (Å²) in [6, 6.07) is -7.17. The Morgan fingerprint density at radius 3 is 1.29 bits per heavy atom. The summed E-state index contributed by atoms with van der Waals surface area (Å²) in [7, 11) is 0. The molecule has 105 heavy (non-hydrogen) atoms. The van der Waals surface area contributed by atoms with E-state index in [2.05, 4.69) is 73.8 Å². The highest BCUT2D eigenvalue weighted by atomic mass is 35.5. The van der Waals surface area contributed by atoms with E-state index in [1.54, 1.807) is 103 Å². The molecule has 0 bridgehead atoms. The number of aromatic amines is 1. The molecule has 2 aromatic rings. The minimum Gasteiger partial charge on any atom is -0.392 e. The lowest BCUT2D eigenvalue weighted by Crippen LogP contribution is -2.62. The zero-order valence-corrected chi connectivity index (χ0v) is 66.7. The number of nitrogens with one attached hydrogen (secondary N) is 13. The minimum atomic E-state index is -1.43. The molecule has 2 rings (SSSR count). The monoisotopic (exact) mass is 1520 g/mol. The number of aliphatic imine (C=N–C) groups is 1. The first kappa shape index (κ1) is 93.3. The minimum absolute atomic E-state index is 0.00994. The van der Waals surface area contributed by atoms with Crippen molar-refractivity contribution in [3.8, 4) is 0 Å². The number of aromatic nitrogens is 1. The van der Waals surface area contributed by atoms with Crippen molar-refractivity contribution >= 4 is 111 Å². The highest BCUT2D eigenvalue weighted by molar-refractivity contribution is 6.21. The van der Waals surface area contributed by atoms with E-state index < -0.39 is 184 Å². The van der Waals surface area contributed by atoms with E-state index in [1.165, 1.54) is 13.8 Å². The van der Waals surface area contributed by atoms with Crippen LogP contribution in [0.3, 0.4) is 0 Å². The smallest absolute Gasteiger partial charge is 0.243 e. The molecule has 12 amide bonds. The number of benzene rings is 1. The number of alkyl halides is 2. The third-order valence-electron chi connectivity index (χ3n) is 18.5. The van der Waals surface area contributed by atoms with Crippen LogP contribution in [0.5, 0.6) is 0 Å². The molecule has 0 spiro atoms. The number of carbonyl (C=O) groups is 12. The summed E-state index contributed by atoms with van der Waals surface area (Å²) >= 11 is 13.0. The quantitative estimate of drug-likeness (QED) is 0.0196. The number of guanidine groups is 1. The summed E-state index contributed by atoms with van der Waals surface area (Å²) in [5, 5.41) is 42.6. The molecule has 594 valence electrons. The van der Waals surface area contributed by atoms with Crippen molar-refractivity contribution in [3.63, 3.8) is 0 Å². The molecule has 0 aliphatic carbocycles. The molecule has 1 aromatic heterocycles. The average Bonchev–Trinajstić information content (AvgIpc) is 1.58. The number of rotatable bonds is 45. The van der Waals surface area contributed by atoms with Gasteiger partial charge in [-0.3, -0.25) is 62.5 Å². The highest BCUT2D eigenvalue weighted by Gasteiger charge is 2.40. The summed E-state index contributed by atoms with van der Waals surface area (Å²) in [6.07, 6.45) is 0.731. The Morgan fingerprint density at radius 1 is 0.448 bits per heavy atom. The van der Waals surface area contributed by atoms with Crippen LogP contribution in [-0.4, -0.2) is 189 Å². The number of hydrogen-bond acceptors (Lipinski definition) is 15. The number of H-pyrrole nitrogens is 1. The van der Waals surface area contributed by atoms with Gasteiger partial charge in [0.2, 0.25) is 70.9 Å². The lowest BCUT2D eigenvalue weighted by Gasteiger charge is -2.32. The van der Waals surface area contributed by atoms with Crippen LogP contribution >= 0.6 is 23.2 Å². The van der Waals surface area contributed by atoms with Crippen LogP contribution in [0.25, 0.3) is 10.9 Å². The zero-order chi connectivity index (χ0) is 80.2. The standard InChI is InChI=1S/C73H125Cl2N17O13/c1-34(2)28-51(65(98)87-54(32-76)36(5)6)85-70(103)58(39(11)12)90-67(100)53(30-47-33-80-49-25-22-21-24-48(47)49)86-69(102)57(38(9)10)89-63(96)46(20)81-64(97)50(26-23-27-79-73(77)78)83-68(101)59(40(13)14)91-72(105)61(42(16)44(18)75)92-66(99)52(29-35(3)4)84-62(95)45(19)82-71(104)60(41(15)43(17)74)88-56(94)31-55(93)37(7)8/h21-22,24-25,33-46,50-55,57-61,80,93H,23,26-32,76H2,1-20H3,(H,81,97)(H,82,104)(H,83,101)(H,84,95)(H,85,103)(H,86,102)(H,87,98)(H,88,94)(H,89,96)(H,90,100)(H,91,105)(H,92,99)(H4,77,78,79)/t41-,42-,43?,44?,45-,46-,50+,51-,52+,53+,54+,55+,57-,58-,59-,60-,61-/m0/s1. The summed E-state index contributed by atoms with van der Waals surface area (Å²) in [5.41, 5.74) is 18.6. The number of hydrogen-bond donors (Lipinski definition) is 17. The molecule has 0 aliphatic rings. The number of nitrogens with zero attached hydrogens (tertiary/aromatic N) is 1. The van der Waals surface area contributed by atoms with Gasteiger partial charge in [0.1, 0.15) is 66.5 Å². The van der Waals surface area contributed by atoms with Gasteiger partial charge in [0.15, 0.2) is 5.96 Å². The molecule has 0 radical (unpaired) electrons. The Morgan fingerprint density at radius 2 is 0.829 bits per heavy atom. The van der Waals surface area contributed by atoms with E-state index in [4.69, 9.17) is 40.4 Å². The molecule has 0 aliphatic heterocycles. The first-order valence-corrected chi connectivity index (χ1v) is 37.6. The number of nitrogens with two attached hydrogens (primary N) is 3. The lowest BCUT2D eigenvalue weighted by atomic mass is 9.95. The van der Waals surface area contributed by atoms with Crippen molar-refractivity contribution in [3.05, 3.63) is 36.0 Å². The molecule has 0 saturated heterocycles. The number of aliphatic hydroxyl groups is 1. The molecule has 32 heteroatoms. The van der Waals surface area contributed by atoms with Gasteiger partial charge in [-0.05, 0) is 106 Å².